The molecule has 5 nitrogen and oxygen atoms in total. The fourth-order valence-electron chi connectivity index (χ4n) is 2.04. The molecule has 0 aliphatic carbocycles. The number of hydrogen-bond donors (Lipinski definition) is 3. The molecular formula is C17H17F2N3O2. The zero-order valence-corrected chi connectivity index (χ0v) is 13.2. The topological polar surface area (TPSA) is 70.2 Å². The van der Waals surface area contributed by atoms with E-state index in [9.17, 15) is 18.4 Å². The lowest BCUT2D eigenvalue weighted by Crippen LogP contribution is -2.32. The lowest BCUT2D eigenvalue weighted by molar-refractivity contribution is -0.116. The van der Waals surface area contributed by atoms with Gasteiger partial charge in [0.15, 0.2) is 0 Å². The van der Waals surface area contributed by atoms with E-state index >= 15 is 0 Å². The Morgan fingerprint density at radius 1 is 1.08 bits per heavy atom. The van der Waals surface area contributed by atoms with Gasteiger partial charge < -0.3 is 16.0 Å². The van der Waals surface area contributed by atoms with Crippen molar-refractivity contribution in [3.8, 4) is 0 Å². The van der Waals surface area contributed by atoms with E-state index in [0.717, 1.165) is 18.2 Å². The van der Waals surface area contributed by atoms with Gasteiger partial charge >= 0.3 is 0 Å². The van der Waals surface area contributed by atoms with Crippen LogP contribution in [0, 0.1) is 11.6 Å². The molecule has 0 spiro atoms. The van der Waals surface area contributed by atoms with Gasteiger partial charge in [-0.25, -0.2) is 8.78 Å². The van der Waals surface area contributed by atoms with E-state index in [-0.39, 0.29) is 11.6 Å². The molecule has 126 valence electrons. The monoisotopic (exact) mass is 333 g/mol. The van der Waals surface area contributed by atoms with Gasteiger partial charge in [0.05, 0.1) is 5.69 Å². The number of rotatable bonds is 5. The SMILES string of the molecule is CNC(=O)c1cccc(NC(C)C(=O)Nc2cc(F)ccc2F)c1. The minimum atomic E-state index is -0.729. The van der Waals surface area contributed by atoms with Gasteiger partial charge in [-0.1, -0.05) is 6.07 Å². The molecule has 7 heteroatoms. The molecule has 0 fully saturated rings. The predicted molar refractivity (Wildman–Crippen MR) is 87.9 cm³/mol. The van der Waals surface area contributed by atoms with Crippen molar-refractivity contribution in [2.24, 2.45) is 0 Å². The van der Waals surface area contributed by atoms with Crippen molar-refractivity contribution in [2.45, 2.75) is 13.0 Å². The summed E-state index contributed by atoms with van der Waals surface area (Å²) in [5, 5.41) is 7.74. The fraction of sp³-hybridized carbons (Fsp3) is 0.176. The number of anilines is 2. The predicted octanol–water partition coefficient (Wildman–Crippen LogP) is 2.76. The van der Waals surface area contributed by atoms with Gasteiger partial charge in [-0.3, -0.25) is 9.59 Å². The van der Waals surface area contributed by atoms with E-state index in [1.165, 1.54) is 7.05 Å². The van der Waals surface area contributed by atoms with Crippen molar-refractivity contribution in [3.05, 3.63) is 59.7 Å². The van der Waals surface area contributed by atoms with Crippen LogP contribution in [0.2, 0.25) is 0 Å². The Bertz CT molecular complexity index is 765. The summed E-state index contributed by atoms with van der Waals surface area (Å²) in [6.07, 6.45) is 0. The summed E-state index contributed by atoms with van der Waals surface area (Å²) in [7, 11) is 1.52. The molecule has 0 aliphatic heterocycles. The summed E-state index contributed by atoms with van der Waals surface area (Å²) in [6, 6.07) is 8.68. The van der Waals surface area contributed by atoms with E-state index in [1.54, 1.807) is 31.2 Å². The molecule has 3 N–H and O–H groups in total. The first-order valence-corrected chi connectivity index (χ1v) is 7.25. The van der Waals surface area contributed by atoms with E-state index in [4.69, 9.17) is 0 Å². The number of hydrogen-bond acceptors (Lipinski definition) is 3. The summed E-state index contributed by atoms with van der Waals surface area (Å²) in [5.41, 5.74) is 0.762. The summed E-state index contributed by atoms with van der Waals surface area (Å²) in [5.74, 6) is -2.16. The second kappa shape index (κ2) is 7.54. The Balaban J connectivity index is 2.06. The molecule has 1 atom stereocenters. The maximum Gasteiger partial charge on any atom is 0.251 e. The molecule has 0 heterocycles. The van der Waals surface area contributed by atoms with E-state index in [2.05, 4.69) is 16.0 Å². The second-order valence-electron chi connectivity index (χ2n) is 5.14. The summed E-state index contributed by atoms with van der Waals surface area (Å²) < 4.78 is 26.7. The van der Waals surface area contributed by atoms with Crippen LogP contribution in [-0.4, -0.2) is 24.9 Å². The van der Waals surface area contributed by atoms with Gasteiger partial charge in [0.1, 0.15) is 17.7 Å². The van der Waals surface area contributed by atoms with Crippen LogP contribution in [0.5, 0.6) is 0 Å². The Morgan fingerprint density at radius 2 is 1.83 bits per heavy atom. The van der Waals surface area contributed by atoms with Crippen LogP contribution in [-0.2, 0) is 4.79 Å². The molecule has 2 aromatic rings. The Labute approximate surface area is 138 Å². The first kappa shape index (κ1) is 17.4. The minimum absolute atomic E-state index is 0.229. The maximum atomic E-state index is 13.6. The zero-order chi connectivity index (χ0) is 17.7. The third-order valence-corrected chi connectivity index (χ3v) is 3.31. The lowest BCUT2D eigenvalue weighted by atomic mass is 10.1. The Morgan fingerprint density at radius 3 is 2.54 bits per heavy atom. The van der Waals surface area contributed by atoms with Crippen LogP contribution in [0.25, 0.3) is 0 Å². The van der Waals surface area contributed by atoms with Crippen molar-refractivity contribution < 1.29 is 18.4 Å². The highest BCUT2D eigenvalue weighted by Crippen LogP contribution is 2.17. The summed E-state index contributed by atoms with van der Waals surface area (Å²) in [4.78, 5) is 23.7. The molecule has 0 saturated heterocycles. The smallest absolute Gasteiger partial charge is 0.251 e. The van der Waals surface area contributed by atoms with Gasteiger partial charge in [0.25, 0.3) is 5.91 Å². The van der Waals surface area contributed by atoms with Crippen molar-refractivity contribution in [1.82, 2.24) is 5.32 Å². The third-order valence-electron chi connectivity index (χ3n) is 3.31. The summed E-state index contributed by atoms with van der Waals surface area (Å²) in [6.45, 7) is 1.57. The van der Waals surface area contributed by atoms with Gasteiger partial charge in [-0.2, -0.15) is 0 Å². The first-order chi connectivity index (χ1) is 11.4. The second-order valence-corrected chi connectivity index (χ2v) is 5.14. The molecule has 0 aromatic heterocycles. The fourth-order valence-corrected chi connectivity index (χ4v) is 2.04. The van der Waals surface area contributed by atoms with E-state index in [0.29, 0.717) is 11.3 Å². The van der Waals surface area contributed by atoms with Crippen LogP contribution in [0.4, 0.5) is 20.2 Å². The van der Waals surface area contributed by atoms with Gasteiger partial charge in [0.2, 0.25) is 5.91 Å². The van der Waals surface area contributed by atoms with Crippen LogP contribution < -0.4 is 16.0 Å². The van der Waals surface area contributed by atoms with Crippen molar-refractivity contribution >= 4 is 23.2 Å². The Kier molecular flexibility index (Phi) is 5.47. The van der Waals surface area contributed by atoms with Gasteiger partial charge in [0, 0.05) is 24.4 Å². The number of nitrogens with one attached hydrogen (secondary N) is 3. The van der Waals surface area contributed by atoms with Crippen molar-refractivity contribution in [1.29, 1.82) is 0 Å². The van der Waals surface area contributed by atoms with Crippen LogP contribution >= 0.6 is 0 Å². The van der Waals surface area contributed by atoms with Crippen LogP contribution in [0.15, 0.2) is 42.5 Å². The molecule has 0 aliphatic rings. The highest BCUT2D eigenvalue weighted by atomic mass is 19.1. The molecule has 2 amide bonds. The highest BCUT2D eigenvalue weighted by molar-refractivity contribution is 5.97. The number of carbonyl (C=O) groups is 2. The minimum Gasteiger partial charge on any atom is -0.374 e. The number of amides is 2. The first-order valence-electron chi connectivity index (χ1n) is 7.25. The van der Waals surface area contributed by atoms with Crippen molar-refractivity contribution in [2.75, 3.05) is 17.7 Å². The quantitative estimate of drug-likeness (QED) is 0.788. The number of carbonyl (C=O) groups excluding carboxylic acids is 2. The Hall–Kier alpha value is -2.96. The van der Waals surface area contributed by atoms with Crippen LogP contribution in [0.3, 0.4) is 0 Å². The molecular weight excluding hydrogens is 316 g/mol. The molecule has 2 aromatic carbocycles. The van der Waals surface area contributed by atoms with Crippen LogP contribution in [0.1, 0.15) is 17.3 Å². The maximum absolute atomic E-state index is 13.6. The summed E-state index contributed by atoms with van der Waals surface area (Å²) >= 11 is 0. The number of benzene rings is 2. The van der Waals surface area contributed by atoms with Crippen molar-refractivity contribution in [3.63, 3.8) is 0 Å². The van der Waals surface area contributed by atoms with E-state index in [1.807, 2.05) is 0 Å². The zero-order valence-electron chi connectivity index (χ0n) is 13.2. The molecule has 0 bridgehead atoms. The third kappa shape index (κ3) is 4.28. The largest absolute Gasteiger partial charge is 0.374 e. The lowest BCUT2D eigenvalue weighted by Gasteiger charge is -2.16. The molecule has 1 unspecified atom stereocenters. The molecule has 24 heavy (non-hydrogen) atoms. The highest BCUT2D eigenvalue weighted by Gasteiger charge is 2.15. The number of halogens is 2. The molecule has 0 saturated carbocycles. The van der Waals surface area contributed by atoms with Gasteiger partial charge in [-0.05, 0) is 37.3 Å². The van der Waals surface area contributed by atoms with Gasteiger partial charge in [-0.15, -0.1) is 0 Å². The average molecular weight is 333 g/mol. The van der Waals surface area contributed by atoms with E-state index < -0.39 is 23.6 Å². The normalized spacial score (nSPS) is 11.5. The average Bonchev–Trinajstić information content (AvgIpc) is 2.57. The standard InChI is InChI=1S/C17H17F2N3O2/c1-10(16(23)22-15-9-12(18)6-7-14(15)19)21-13-5-3-4-11(8-13)17(24)20-2/h3-10,21H,1-2H3,(H,20,24)(H,22,23). The molecule has 2 rings (SSSR count). The molecule has 0 radical (unpaired) electrons.